The van der Waals surface area contributed by atoms with Crippen LogP contribution < -0.4 is 4.72 Å². The van der Waals surface area contributed by atoms with Crippen molar-refractivity contribution in [2.24, 2.45) is 0 Å². The average molecular weight is 341 g/mol. The summed E-state index contributed by atoms with van der Waals surface area (Å²) >= 11 is 3.21. The van der Waals surface area contributed by atoms with Crippen LogP contribution in [-0.4, -0.2) is 13.4 Å². The Bertz CT molecular complexity index is 687. The summed E-state index contributed by atoms with van der Waals surface area (Å²) in [7, 11) is -3.61. The highest BCUT2D eigenvalue weighted by atomic mass is 79.9. The highest BCUT2D eigenvalue weighted by molar-refractivity contribution is 9.10. The molecule has 0 fully saturated rings. The molecule has 0 saturated carbocycles. The fraction of sp³-hybridized carbons (Fsp3) is 0.154. The average Bonchev–Trinajstić information content (AvgIpc) is 2.39. The van der Waals surface area contributed by atoms with Crippen molar-refractivity contribution < 1.29 is 8.42 Å². The van der Waals surface area contributed by atoms with Crippen LogP contribution in [0.15, 0.2) is 52.1 Å². The van der Waals surface area contributed by atoms with Gasteiger partial charge >= 0.3 is 0 Å². The Morgan fingerprint density at radius 1 is 1.26 bits per heavy atom. The van der Waals surface area contributed by atoms with Gasteiger partial charge in [0.2, 0.25) is 0 Å². The van der Waals surface area contributed by atoms with E-state index >= 15 is 0 Å². The Morgan fingerprint density at radius 2 is 2.00 bits per heavy atom. The van der Waals surface area contributed by atoms with Gasteiger partial charge in [-0.3, -0.25) is 9.71 Å². The molecule has 4 nitrogen and oxygen atoms in total. The number of aryl methyl sites for hydroxylation is 1. The molecule has 19 heavy (non-hydrogen) atoms. The predicted molar refractivity (Wildman–Crippen MR) is 78.6 cm³/mol. The Hall–Kier alpha value is -1.40. The second-order valence-electron chi connectivity index (χ2n) is 3.96. The van der Waals surface area contributed by atoms with Crippen LogP contribution >= 0.6 is 15.9 Å². The van der Waals surface area contributed by atoms with Gasteiger partial charge in [0.25, 0.3) is 10.0 Å². The molecule has 6 heteroatoms. The van der Waals surface area contributed by atoms with E-state index in [2.05, 4.69) is 25.6 Å². The summed E-state index contributed by atoms with van der Waals surface area (Å²) in [4.78, 5) is 4.00. The molecular formula is C13H13BrN2O2S. The first-order valence-electron chi connectivity index (χ1n) is 5.74. The van der Waals surface area contributed by atoms with Gasteiger partial charge in [-0.1, -0.05) is 25.1 Å². The minimum Gasteiger partial charge on any atom is -0.279 e. The van der Waals surface area contributed by atoms with E-state index < -0.39 is 10.0 Å². The van der Waals surface area contributed by atoms with E-state index in [1.54, 1.807) is 18.3 Å². The molecule has 1 aromatic carbocycles. The zero-order valence-corrected chi connectivity index (χ0v) is 12.7. The lowest BCUT2D eigenvalue weighted by Crippen LogP contribution is -2.14. The lowest BCUT2D eigenvalue weighted by Gasteiger charge is -2.11. The fourth-order valence-corrected chi connectivity index (χ4v) is 3.28. The molecule has 1 heterocycles. The summed E-state index contributed by atoms with van der Waals surface area (Å²) < 4.78 is 27.7. The molecule has 0 atom stereocenters. The maximum atomic E-state index is 12.3. The first kappa shape index (κ1) is 14.0. The monoisotopic (exact) mass is 340 g/mol. The van der Waals surface area contributed by atoms with E-state index in [1.165, 1.54) is 12.3 Å². The Morgan fingerprint density at radius 3 is 2.68 bits per heavy atom. The van der Waals surface area contributed by atoms with Crippen molar-refractivity contribution in [2.45, 2.75) is 18.2 Å². The number of nitrogens with one attached hydrogen (secondary N) is 1. The van der Waals surface area contributed by atoms with Crippen molar-refractivity contribution in [3.05, 3.63) is 52.8 Å². The second kappa shape index (κ2) is 5.71. The number of halogens is 1. The third-order valence-corrected chi connectivity index (χ3v) is 4.40. The van der Waals surface area contributed by atoms with E-state index in [1.807, 2.05) is 19.1 Å². The van der Waals surface area contributed by atoms with Crippen molar-refractivity contribution in [2.75, 3.05) is 4.72 Å². The molecule has 0 aliphatic heterocycles. The Balaban J connectivity index is 2.37. The third kappa shape index (κ3) is 3.33. The lowest BCUT2D eigenvalue weighted by molar-refractivity contribution is 0.600. The highest BCUT2D eigenvalue weighted by Gasteiger charge is 2.16. The molecule has 2 rings (SSSR count). The molecule has 100 valence electrons. The first-order chi connectivity index (χ1) is 9.03. The normalized spacial score (nSPS) is 11.3. The number of benzene rings is 1. The first-order valence-corrected chi connectivity index (χ1v) is 8.02. The lowest BCUT2D eigenvalue weighted by atomic mass is 10.1. The van der Waals surface area contributed by atoms with Crippen LogP contribution in [-0.2, 0) is 16.4 Å². The molecule has 0 amide bonds. The van der Waals surface area contributed by atoms with Crippen LogP contribution in [0.2, 0.25) is 0 Å². The number of hydrogen-bond acceptors (Lipinski definition) is 3. The highest BCUT2D eigenvalue weighted by Crippen LogP contribution is 2.21. The van der Waals surface area contributed by atoms with Crippen LogP contribution in [0.4, 0.5) is 5.69 Å². The molecule has 1 aromatic heterocycles. The van der Waals surface area contributed by atoms with Gasteiger partial charge in [0.15, 0.2) is 0 Å². The fourth-order valence-electron chi connectivity index (χ4n) is 1.67. The maximum Gasteiger partial charge on any atom is 0.263 e. The van der Waals surface area contributed by atoms with Gasteiger partial charge in [-0.25, -0.2) is 8.42 Å². The molecule has 0 radical (unpaired) electrons. The molecular weight excluding hydrogens is 328 g/mol. The maximum absolute atomic E-state index is 12.3. The molecule has 0 aliphatic rings. The summed E-state index contributed by atoms with van der Waals surface area (Å²) in [5.74, 6) is 0. The van der Waals surface area contributed by atoms with Crippen LogP contribution in [0.3, 0.4) is 0 Å². The SMILES string of the molecule is CCc1ccccc1NS(=O)(=O)c1cncc(Br)c1. The standard InChI is InChI=1S/C13H13BrN2O2S/c1-2-10-5-3-4-6-13(10)16-19(17,18)12-7-11(14)8-15-9-12/h3-9,16H,2H2,1H3. The summed E-state index contributed by atoms with van der Waals surface area (Å²) in [6.07, 6.45) is 3.62. The van der Waals surface area contributed by atoms with Crippen molar-refractivity contribution in [1.82, 2.24) is 4.98 Å². The Kier molecular flexibility index (Phi) is 4.21. The molecule has 0 aliphatic carbocycles. The minimum absolute atomic E-state index is 0.132. The molecule has 0 unspecified atom stereocenters. The molecule has 0 saturated heterocycles. The number of pyridine rings is 1. The Labute approximate surface area is 121 Å². The summed E-state index contributed by atoms with van der Waals surface area (Å²) in [5, 5.41) is 0. The van der Waals surface area contributed by atoms with Gasteiger partial charge in [-0.2, -0.15) is 0 Å². The number of para-hydroxylation sites is 1. The molecule has 0 spiro atoms. The van der Waals surface area contributed by atoms with E-state index in [-0.39, 0.29) is 4.90 Å². The van der Waals surface area contributed by atoms with Crippen LogP contribution in [0.25, 0.3) is 0 Å². The van der Waals surface area contributed by atoms with Crippen LogP contribution in [0, 0.1) is 0 Å². The zero-order valence-electron chi connectivity index (χ0n) is 10.3. The van der Waals surface area contributed by atoms with Gasteiger partial charge < -0.3 is 0 Å². The van der Waals surface area contributed by atoms with Crippen LogP contribution in [0.5, 0.6) is 0 Å². The van der Waals surface area contributed by atoms with Gasteiger partial charge in [0.1, 0.15) is 4.90 Å². The van der Waals surface area contributed by atoms with Crippen molar-refractivity contribution >= 4 is 31.6 Å². The number of nitrogens with zero attached hydrogens (tertiary/aromatic N) is 1. The van der Waals surface area contributed by atoms with Gasteiger partial charge in [-0.15, -0.1) is 0 Å². The van der Waals surface area contributed by atoms with E-state index in [9.17, 15) is 8.42 Å². The smallest absolute Gasteiger partial charge is 0.263 e. The quantitative estimate of drug-likeness (QED) is 0.929. The number of rotatable bonds is 4. The van der Waals surface area contributed by atoms with E-state index in [0.29, 0.717) is 10.2 Å². The van der Waals surface area contributed by atoms with Crippen molar-refractivity contribution in [3.63, 3.8) is 0 Å². The predicted octanol–water partition coefficient (Wildman–Crippen LogP) is 3.21. The summed E-state index contributed by atoms with van der Waals surface area (Å²) in [6.45, 7) is 1.98. The number of sulfonamides is 1. The van der Waals surface area contributed by atoms with Gasteiger partial charge in [-0.05, 0) is 40.0 Å². The topological polar surface area (TPSA) is 59.1 Å². The molecule has 1 N–H and O–H groups in total. The minimum atomic E-state index is -3.61. The molecule has 2 aromatic rings. The van der Waals surface area contributed by atoms with E-state index in [0.717, 1.165) is 12.0 Å². The van der Waals surface area contributed by atoms with Gasteiger partial charge in [0.05, 0.1) is 5.69 Å². The van der Waals surface area contributed by atoms with Crippen molar-refractivity contribution in [3.8, 4) is 0 Å². The number of anilines is 1. The van der Waals surface area contributed by atoms with Crippen LogP contribution in [0.1, 0.15) is 12.5 Å². The zero-order chi connectivity index (χ0) is 13.9. The van der Waals surface area contributed by atoms with Gasteiger partial charge in [0, 0.05) is 16.9 Å². The summed E-state index contributed by atoms with van der Waals surface area (Å²) in [5.41, 5.74) is 1.55. The number of hydrogen-bond donors (Lipinski definition) is 1. The molecule has 0 bridgehead atoms. The summed E-state index contributed by atoms with van der Waals surface area (Å²) in [6, 6.07) is 8.86. The second-order valence-corrected chi connectivity index (χ2v) is 6.55. The van der Waals surface area contributed by atoms with Crippen molar-refractivity contribution in [1.29, 1.82) is 0 Å². The largest absolute Gasteiger partial charge is 0.279 e. The number of aromatic nitrogens is 1. The third-order valence-electron chi connectivity index (χ3n) is 2.63. The van der Waals surface area contributed by atoms with E-state index in [4.69, 9.17) is 0 Å².